The molecule has 0 saturated carbocycles. The SMILES string of the molecule is O=C1CC(Nc2ccc(N3CCOCC3)cc2)C(c2nc[nH]n2)=NN1c1ccc(Cl)cc1. The van der Waals surface area contributed by atoms with Gasteiger partial charge in [0.1, 0.15) is 12.0 Å². The van der Waals surface area contributed by atoms with Gasteiger partial charge in [-0.05, 0) is 48.5 Å². The van der Waals surface area contributed by atoms with Crippen LogP contribution in [0.3, 0.4) is 0 Å². The van der Waals surface area contributed by atoms with Crippen LogP contribution in [0.1, 0.15) is 12.2 Å². The Morgan fingerprint density at radius 3 is 2.44 bits per heavy atom. The number of hydrogen-bond donors (Lipinski definition) is 2. The average molecular weight is 452 g/mol. The third-order valence-corrected chi connectivity index (χ3v) is 5.70. The lowest BCUT2D eigenvalue weighted by Gasteiger charge is -2.30. The fourth-order valence-corrected chi connectivity index (χ4v) is 3.94. The summed E-state index contributed by atoms with van der Waals surface area (Å²) in [5.41, 5.74) is 3.26. The molecule has 164 valence electrons. The van der Waals surface area contributed by atoms with E-state index < -0.39 is 0 Å². The van der Waals surface area contributed by atoms with Crippen molar-refractivity contribution in [3.05, 3.63) is 65.7 Å². The number of nitrogens with one attached hydrogen (secondary N) is 2. The molecule has 2 aliphatic rings. The highest BCUT2D eigenvalue weighted by molar-refractivity contribution is 6.30. The minimum absolute atomic E-state index is 0.131. The van der Waals surface area contributed by atoms with Gasteiger partial charge < -0.3 is 15.0 Å². The molecule has 5 rings (SSSR count). The van der Waals surface area contributed by atoms with E-state index in [-0.39, 0.29) is 18.4 Å². The van der Waals surface area contributed by atoms with Crippen LogP contribution in [0.5, 0.6) is 0 Å². The van der Waals surface area contributed by atoms with Crippen LogP contribution in [0.2, 0.25) is 5.02 Å². The molecule has 32 heavy (non-hydrogen) atoms. The predicted molar refractivity (Wildman–Crippen MR) is 123 cm³/mol. The van der Waals surface area contributed by atoms with Gasteiger partial charge in [-0.3, -0.25) is 9.89 Å². The van der Waals surface area contributed by atoms with Gasteiger partial charge in [-0.2, -0.15) is 10.2 Å². The van der Waals surface area contributed by atoms with Gasteiger partial charge >= 0.3 is 0 Å². The van der Waals surface area contributed by atoms with Gasteiger partial charge in [-0.25, -0.2) is 9.99 Å². The van der Waals surface area contributed by atoms with E-state index in [4.69, 9.17) is 16.3 Å². The van der Waals surface area contributed by atoms with Crippen LogP contribution in [0.4, 0.5) is 17.1 Å². The maximum Gasteiger partial charge on any atom is 0.249 e. The number of halogens is 1. The summed E-state index contributed by atoms with van der Waals surface area (Å²) in [7, 11) is 0. The van der Waals surface area contributed by atoms with Gasteiger partial charge in [-0.1, -0.05) is 11.6 Å². The topological polar surface area (TPSA) is 98.7 Å². The largest absolute Gasteiger partial charge is 0.378 e. The molecule has 1 amide bonds. The first-order valence-electron chi connectivity index (χ1n) is 10.4. The molecule has 1 saturated heterocycles. The van der Waals surface area contributed by atoms with E-state index in [9.17, 15) is 4.79 Å². The molecule has 0 aliphatic carbocycles. The number of nitrogens with zero attached hydrogens (tertiary/aromatic N) is 5. The number of aromatic nitrogens is 3. The number of amides is 1. The number of carbonyl (C=O) groups excluding carboxylic acids is 1. The third kappa shape index (κ3) is 4.30. The second-order valence-corrected chi connectivity index (χ2v) is 7.97. The van der Waals surface area contributed by atoms with E-state index in [1.165, 1.54) is 11.3 Å². The Bertz CT molecular complexity index is 1090. The molecule has 0 spiro atoms. The van der Waals surface area contributed by atoms with Crippen LogP contribution in [0, 0.1) is 0 Å². The molecule has 9 nitrogen and oxygen atoms in total. The van der Waals surface area contributed by atoms with Gasteiger partial charge in [0.15, 0.2) is 5.82 Å². The number of carbonyl (C=O) groups is 1. The van der Waals surface area contributed by atoms with Crippen molar-refractivity contribution in [3.63, 3.8) is 0 Å². The van der Waals surface area contributed by atoms with Crippen molar-refractivity contribution in [2.24, 2.45) is 5.10 Å². The molecule has 2 aromatic carbocycles. The van der Waals surface area contributed by atoms with Crippen LogP contribution in [-0.2, 0) is 9.53 Å². The van der Waals surface area contributed by atoms with Gasteiger partial charge in [0, 0.05) is 29.5 Å². The zero-order chi connectivity index (χ0) is 21.9. The van der Waals surface area contributed by atoms with Crippen molar-refractivity contribution in [3.8, 4) is 0 Å². The summed E-state index contributed by atoms with van der Waals surface area (Å²) in [5.74, 6) is 0.313. The standard InChI is InChI=1S/C22H22ClN7O2/c23-15-1-5-18(6-2-15)30-20(31)13-19(21(28-30)22-24-14-25-27-22)26-16-3-7-17(8-4-16)29-9-11-32-12-10-29/h1-8,14,19,26H,9-13H2,(H,24,25,27). The Hall–Kier alpha value is -3.43. The molecule has 1 fully saturated rings. The Labute approximate surface area is 190 Å². The van der Waals surface area contributed by atoms with Gasteiger partial charge in [0.05, 0.1) is 31.4 Å². The fourth-order valence-electron chi connectivity index (χ4n) is 3.82. The second-order valence-electron chi connectivity index (χ2n) is 7.54. The predicted octanol–water partition coefficient (Wildman–Crippen LogP) is 2.92. The number of aromatic amines is 1. The fraction of sp³-hybridized carbons (Fsp3) is 0.273. The molecule has 2 N–H and O–H groups in total. The highest BCUT2D eigenvalue weighted by Crippen LogP contribution is 2.26. The van der Waals surface area contributed by atoms with Crippen LogP contribution < -0.4 is 15.2 Å². The number of morpholine rings is 1. The molecule has 1 unspecified atom stereocenters. The smallest absolute Gasteiger partial charge is 0.249 e. The summed E-state index contributed by atoms with van der Waals surface area (Å²) < 4.78 is 5.43. The molecule has 1 aromatic heterocycles. The molecule has 3 aromatic rings. The van der Waals surface area contributed by atoms with E-state index in [0.29, 0.717) is 22.2 Å². The minimum atomic E-state index is -0.365. The molecular weight excluding hydrogens is 430 g/mol. The normalized spacial score (nSPS) is 19.1. The maximum absolute atomic E-state index is 12.9. The Morgan fingerprint density at radius 1 is 1.03 bits per heavy atom. The Kier molecular flexibility index (Phi) is 5.74. The highest BCUT2D eigenvalue weighted by atomic mass is 35.5. The van der Waals surface area contributed by atoms with Crippen LogP contribution in [0.25, 0.3) is 0 Å². The molecule has 3 heterocycles. The summed E-state index contributed by atoms with van der Waals surface area (Å²) in [6, 6.07) is 14.8. The van der Waals surface area contributed by atoms with Crippen molar-refractivity contribution in [1.29, 1.82) is 0 Å². The second kappa shape index (κ2) is 8.97. The molecular formula is C22H22ClN7O2. The number of H-pyrrole nitrogens is 1. The van der Waals surface area contributed by atoms with Crippen LogP contribution in [-0.4, -0.2) is 59.1 Å². The van der Waals surface area contributed by atoms with Crippen molar-refractivity contribution in [1.82, 2.24) is 15.2 Å². The van der Waals surface area contributed by atoms with E-state index in [2.05, 4.69) is 42.6 Å². The van der Waals surface area contributed by atoms with Crippen molar-refractivity contribution < 1.29 is 9.53 Å². The number of rotatable bonds is 5. The lowest BCUT2D eigenvalue weighted by molar-refractivity contribution is -0.118. The van der Waals surface area contributed by atoms with Gasteiger partial charge in [0.25, 0.3) is 0 Å². The first-order chi connectivity index (χ1) is 15.7. The Morgan fingerprint density at radius 2 is 1.75 bits per heavy atom. The number of benzene rings is 2. The summed E-state index contributed by atoms with van der Waals surface area (Å²) in [5, 5.41) is 16.9. The summed E-state index contributed by atoms with van der Waals surface area (Å²) >= 11 is 5.99. The quantitative estimate of drug-likeness (QED) is 0.619. The number of hydrazone groups is 1. The molecule has 1 atom stereocenters. The van der Waals surface area contributed by atoms with Gasteiger partial charge in [-0.15, -0.1) is 0 Å². The first kappa shape index (κ1) is 20.5. The van der Waals surface area contributed by atoms with E-state index in [0.717, 1.165) is 37.7 Å². The van der Waals surface area contributed by atoms with Crippen molar-refractivity contribution in [2.75, 3.05) is 41.5 Å². The summed E-state index contributed by atoms with van der Waals surface area (Å²) in [6.07, 6.45) is 1.70. The van der Waals surface area contributed by atoms with Gasteiger partial charge in [0.2, 0.25) is 5.91 Å². The molecule has 10 heteroatoms. The van der Waals surface area contributed by atoms with Crippen molar-refractivity contribution >= 4 is 40.3 Å². The number of anilines is 3. The van der Waals surface area contributed by atoms with E-state index in [1.807, 2.05) is 12.1 Å². The number of hydrogen-bond acceptors (Lipinski definition) is 7. The summed E-state index contributed by atoms with van der Waals surface area (Å²) in [4.78, 5) is 19.5. The van der Waals surface area contributed by atoms with E-state index >= 15 is 0 Å². The summed E-state index contributed by atoms with van der Waals surface area (Å²) in [6.45, 7) is 3.24. The zero-order valence-corrected chi connectivity index (χ0v) is 18.0. The van der Waals surface area contributed by atoms with Crippen LogP contribution in [0.15, 0.2) is 60.0 Å². The first-order valence-corrected chi connectivity index (χ1v) is 10.8. The zero-order valence-electron chi connectivity index (χ0n) is 17.2. The van der Waals surface area contributed by atoms with Crippen molar-refractivity contribution in [2.45, 2.75) is 12.5 Å². The lowest BCUT2D eigenvalue weighted by atomic mass is 10.0. The van der Waals surface area contributed by atoms with E-state index in [1.54, 1.807) is 24.3 Å². The highest BCUT2D eigenvalue weighted by Gasteiger charge is 2.33. The monoisotopic (exact) mass is 451 g/mol. The lowest BCUT2D eigenvalue weighted by Crippen LogP contribution is -2.44. The maximum atomic E-state index is 12.9. The van der Waals surface area contributed by atoms with Crippen LogP contribution >= 0.6 is 11.6 Å². The molecule has 2 aliphatic heterocycles. The Balaban J connectivity index is 1.39. The minimum Gasteiger partial charge on any atom is -0.378 e. The molecule has 0 radical (unpaired) electrons. The number of ether oxygens (including phenoxy) is 1. The molecule has 0 bridgehead atoms. The third-order valence-electron chi connectivity index (χ3n) is 5.45. The average Bonchev–Trinajstić information content (AvgIpc) is 3.36.